The van der Waals surface area contributed by atoms with Gasteiger partial charge in [-0.2, -0.15) is 0 Å². The molecule has 0 radical (unpaired) electrons. The predicted octanol–water partition coefficient (Wildman–Crippen LogP) is 14.7. The third kappa shape index (κ3) is 39.9. The van der Waals surface area contributed by atoms with Crippen LogP contribution in [0.1, 0.15) is 259 Å². The van der Waals surface area contributed by atoms with Gasteiger partial charge in [0.2, 0.25) is 0 Å². The Kier molecular flexibility index (Phi) is 40.3. The molecule has 314 valence electrons. The van der Waals surface area contributed by atoms with Gasteiger partial charge >= 0.3 is 17.9 Å². The lowest BCUT2D eigenvalue weighted by atomic mass is 10.00. The third-order valence-electron chi connectivity index (χ3n) is 10.9. The fourth-order valence-corrected chi connectivity index (χ4v) is 6.95. The molecule has 0 amide bonds. The molecule has 53 heavy (non-hydrogen) atoms. The van der Waals surface area contributed by atoms with Gasteiger partial charge in [0.05, 0.1) is 0 Å². The van der Waals surface area contributed by atoms with Crippen LogP contribution < -0.4 is 0 Å². The minimum atomic E-state index is -0.759. The van der Waals surface area contributed by atoms with Gasteiger partial charge in [-0.15, -0.1) is 0 Å². The van der Waals surface area contributed by atoms with Gasteiger partial charge in [-0.05, 0) is 25.2 Å². The summed E-state index contributed by atoms with van der Waals surface area (Å²) in [7, 11) is 0. The molecule has 6 nitrogen and oxygen atoms in total. The molecule has 0 spiro atoms. The number of esters is 3. The Morgan fingerprint density at radius 1 is 0.377 bits per heavy atom. The number of hydrogen-bond donors (Lipinski definition) is 0. The van der Waals surface area contributed by atoms with Crippen LogP contribution in [0.15, 0.2) is 0 Å². The van der Waals surface area contributed by atoms with Crippen molar-refractivity contribution in [2.45, 2.75) is 265 Å². The fourth-order valence-electron chi connectivity index (χ4n) is 6.95. The first-order valence-electron chi connectivity index (χ1n) is 23.4. The van der Waals surface area contributed by atoms with Crippen LogP contribution >= 0.6 is 0 Å². The van der Waals surface area contributed by atoms with E-state index in [1.54, 1.807) is 0 Å². The summed E-state index contributed by atoms with van der Waals surface area (Å²) < 4.78 is 16.7. The van der Waals surface area contributed by atoms with Crippen LogP contribution in [0.5, 0.6) is 0 Å². The number of ether oxygens (including phenoxy) is 3. The van der Waals surface area contributed by atoms with Gasteiger partial charge in [-0.3, -0.25) is 14.4 Å². The van der Waals surface area contributed by atoms with Crippen molar-refractivity contribution in [3.8, 4) is 0 Å². The monoisotopic (exact) mass is 751 g/mol. The van der Waals surface area contributed by atoms with E-state index in [-0.39, 0.29) is 31.1 Å². The molecular weight excluding hydrogens is 661 g/mol. The number of rotatable bonds is 42. The highest BCUT2D eigenvalue weighted by molar-refractivity contribution is 5.71. The molecule has 0 bridgehead atoms. The first-order chi connectivity index (χ1) is 25.9. The minimum absolute atomic E-state index is 0.0642. The van der Waals surface area contributed by atoms with E-state index in [4.69, 9.17) is 14.2 Å². The SMILES string of the molecule is CCCCCCCCCCCCCCCCCC(=O)OC[C@H](COC(=O)CCCCCCCCC(C)CC)OC(=O)CCCCCCCCCCCC. The molecule has 0 aromatic carbocycles. The maximum atomic E-state index is 12.7. The molecular formula is C47H90O6. The van der Waals surface area contributed by atoms with Crippen molar-refractivity contribution in [3.05, 3.63) is 0 Å². The number of carbonyl (C=O) groups is 3. The van der Waals surface area contributed by atoms with Gasteiger partial charge in [0, 0.05) is 19.3 Å². The Balaban J connectivity index is 4.29. The molecule has 0 rings (SSSR count). The zero-order valence-corrected chi connectivity index (χ0v) is 36.0. The molecule has 0 saturated carbocycles. The van der Waals surface area contributed by atoms with E-state index in [9.17, 15) is 14.4 Å². The second-order valence-electron chi connectivity index (χ2n) is 16.3. The fraction of sp³-hybridized carbons (Fsp3) is 0.936. The molecule has 0 aliphatic heterocycles. The first kappa shape index (κ1) is 51.4. The van der Waals surface area contributed by atoms with E-state index in [2.05, 4.69) is 27.7 Å². The molecule has 0 aromatic heterocycles. The molecule has 0 aromatic rings. The lowest BCUT2D eigenvalue weighted by molar-refractivity contribution is -0.167. The van der Waals surface area contributed by atoms with Crippen molar-refractivity contribution < 1.29 is 28.6 Å². The summed E-state index contributed by atoms with van der Waals surface area (Å²) in [4.78, 5) is 37.7. The van der Waals surface area contributed by atoms with Crippen LogP contribution in [0, 0.1) is 5.92 Å². The van der Waals surface area contributed by atoms with Crippen molar-refractivity contribution in [2.75, 3.05) is 13.2 Å². The number of hydrogen-bond acceptors (Lipinski definition) is 6. The van der Waals surface area contributed by atoms with E-state index in [1.807, 2.05) is 0 Å². The Morgan fingerprint density at radius 2 is 0.660 bits per heavy atom. The largest absolute Gasteiger partial charge is 0.462 e. The van der Waals surface area contributed by atoms with Gasteiger partial charge in [0.25, 0.3) is 0 Å². The smallest absolute Gasteiger partial charge is 0.306 e. The minimum Gasteiger partial charge on any atom is -0.462 e. The molecule has 0 aliphatic carbocycles. The highest BCUT2D eigenvalue weighted by atomic mass is 16.6. The first-order valence-corrected chi connectivity index (χ1v) is 23.4. The van der Waals surface area contributed by atoms with Crippen LogP contribution in [0.25, 0.3) is 0 Å². The van der Waals surface area contributed by atoms with Gasteiger partial charge in [-0.1, -0.05) is 220 Å². The average molecular weight is 751 g/mol. The molecule has 0 saturated heterocycles. The van der Waals surface area contributed by atoms with Crippen molar-refractivity contribution >= 4 is 17.9 Å². The lowest BCUT2D eigenvalue weighted by Crippen LogP contribution is -2.30. The zero-order chi connectivity index (χ0) is 38.9. The van der Waals surface area contributed by atoms with Gasteiger partial charge in [-0.25, -0.2) is 0 Å². The van der Waals surface area contributed by atoms with E-state index >= 15 is 0 Å². The van der Waals surface area contributed by atoms with E-state index < -0.39 is 6.10 Å². The number of carbonyl (C=O) groups excluding carboxylic acids is 3. The van der Waals surface area contributed by atoms with Crippen LogP contribution in [-0.2, 0) is 28.6 Å². The van der Waals surface area contributed by atoms with Crippen molar-refractivity contribution in [3.63, 3.8) is 0 Å². The molecule has 0 N–H and O–H groups in total. The number of unbranched alkanes of at least 4 members (excludes halogenated alkanes) is 28. The average Bonchev–Trinajstić information content (AvgIpc) is 3.15. The highest BCUT2D eigenvalue weighted by Gasteiger charge is 2.19. The summed E-state index contributed by atoms with van der Waals surface area (Å²) >= 11 is 0. The van der Waals surface area contributed by atoms with E-state index in [1.165, 1.54) is 154 Å². The quantitative estimate of drug-likeness (QED) is 0.0351. The predicted molar refractivity (Wildman–Crippen MR) is 224 cm³/mol. The maximum absolute atomic E-state index is 12.7. The van der Waals surface area contributed by atoms with Gasteiger partial charge < -0.3 is 14.2 Å². The Morgan fingerprint density at radius 3 is 0.981 bits per heavy atom. The summed E-state index contributed by atoms with van der Waals surface area (Å²) in [6.07, 6.45) is 40.9. The van der Waals surface area contributed by atoms with Crippen molar-refractivity contribution in [1.82, 2.24) is 0 Å². The maximum Gasteiger partial charge on any atom is 0.306 e. The van der Waals surface area contributed by atoms with Gasteiger partial charge in [0.1, 0.15) is 13.2 Å². The molecule has 6 heteroatoms. The Labute approximate surface area is 329 Å². The molecule has 0 fully saturated rings. The standard InChI is InChI=1S/C47H90O6/c1-5-8-10-12-14-16-18-19-20-21-22-24-25-30-34-38-45(48)51-41-44(53-47(50)40-36-32-26-23-17-15-13-11-9-6-2)42-52-46(49)39-35-31-28-27-29-33-37-43(4)7-3/h43-44H,5-42H2,1-4H3/t43?,44-/m1/s1. The lowest BCUT2D eigenvalue weighted by Gasteiger charge is -2.18. The highest BCUT2D eigenvalue weighted by Crippen LogP contribution is 2.17. The molecule has 0 heterocycles. The topological polar surface area (TPSA) is 78.9 Å². The van der Waals surface area contributed by atoms with Crippen molar-refractivity contribution in [1.29, 1.82) is 0 Å². The third-order valence-corrected chi connectivity index (χ3v) is 10.9. The molecule has 0 aliphatic rings. The molecule has 1 unspecified atom stereocenters. The summed E-state index contributed by atoms with van der Waals surface area (Å²) in [5, 5.41) is 0. The second-order valence-corrected chi connectivity index (χ2v) is 16.3. The van der Waals surface area contributed by atoms with Crippen LogP contribution in [0.3, 0.4) is 0 Å². The van der Waals surface area contributed by atoms with Crippen LogP contribution in [0.2, 0.25) is 0 Å². The van der Waals surface area contributed by atoms with Crippen LogP contribution in [-0.4, -0.2) is 37.2 Å². The Hall–Kier alpha value is -1.59. The summed E-state index contributed by atoms with van der Waals surface area (Å²) in [5.41, 5.74) is 0. The Bertz CT molecular complexity index is 798. The van der Waals surface area contributed by atoms with Crippen LogP contribution in [0.4, 0.5) is 0 Å². The molecule has 2 atom stereocenters. The van der Waals surface area contributed by atoms with E-state index in [0.29, 0.717) is 19.3 Å². The summed E-state index contributed by atoms with van der Waals surface area (Å²) in [6, 6.07) is 0. The zero-order valence-electron chi connectivity index (χ0n) is 36.0. The van der Waals surface area contributed by atoms with Gasteiger partial charge in [0.15, 0.2) is 6.10 Å². The normalized spacial score (nSPS) is 12.5. The summed E-state index contributed by atoms with van der Waals surface area (Å²) in [6.45, 7) is 8.96. The second kappa shape index (κ2) is 41.6. The summed E-state index contributed by atoms with van der Waals surface area (Å²) in [5.74, 6) is -0.0418. The van der Waals surface area contributed by atoms with E-state index in [0.717, 1.165) is 63.7 Å². The van der Waals surface area contributed by atoms with Crippen molar-refractivity contribution in [2.24, 2.45) is 5.92 Å².